The number of nitrogens with one attached hydrogen (secondary N) is 2. The lowest BCUT2D eigenvalue weighted by Crippen LogP contribution is -2.26. The molecule has 1 heterocycles. The first kappa shape index (κ1) is 15.9. The largest absolute Gasteiger partial charge is 0.351 e. The summed E-state index contributed by atoms with van der Waals surface area (Å²) in [4.78, 5) is 20.4. The summed E-state index contributed by atoms with van der Waals surface area (Å²) in [7, 11) is 0. The van der Waals surface area contributed by atoms with E-state index in [9.17, 15) is 4.79 Å². The molecule has 0 aliphatic heterocycles. The van der Waals surface area contributed by atoms with Gasteiger partial charge in [-0.05, 0) is 37.5 Å². The lowest BCUT2D eigenvalue weighted by atomic mass is 10.1. The van der Waals surface area contributed by atoms with Crippen molar-refractivity contribution in [1.29, 1.82) is 0 Å². The maximum atomic E-state index is 12.0. The highest BCUT2D eigenvalue weighted by Crippen LogP contribution is 2.13. The van der Waals surface area contributed by atoms with Crippen molar-refractivity contribution in [2.45, 2.75) is 27.2 Å². The van der Waals surface area contributed by atoms with Crippen molar-refractivity contribution in [2.75, 3.05) is 11.9 Å². The molecule has 2 aromatic rings. The van der Waals surface area contributed by atoms with Crippen LogP contribution in [0.25, 0.3) is 0 Å². The van der Waals surface area contributed by atoms with Gasteiger partial charge in [-0.15, -0.1) is 0 Å². The molecule has 1 aromatic carbocycles. The summed E-state index contributed by atoms with van der Waals surface area (Å²) in [6.07, 6.45) is 2.53. The molecule has 0 bridgehead atoms. The summed E-state index contributed by atoms with van der Waals surface area (Å²) in [5, 5.41) is 5.97. The number of anilines is 2. The predicted molar refractivity (Wildman–Crippen MR) is 88.3 cm³/mol. The molecular weight excluding hydrogens is 276 g/mol. The van der Waals surface area contributed by atoms with Crippen molar-refractivity contribution >= 4 is 17.5 Å². The summed E-state index contributed by atoms with van der Waals surface area (Å²) >= 11 is 0. The molecule has 1 amide bonds. The highest BCUT2D eigenvalue weighted by Gasteiger charge is 2.08. The Hall–Kier alpha value is -2.43. The number of amides is 1. The van der Waals surface area contributed by atoms with Gasteiger partial charge >= 0.3 is 0 Å². The number of rotatable bonds is 6. The van der Waals surface area contributed by atoms with E-state index < -0.39 is 0 Å². The van der Waals surface area contributed by atoms with Gasteiger partial charge in [0.1, 0.15) is 5.69 Å². The maximum Gasteiger partial charge on any atom is 0.270 e. The van der Waals surface area contributed by atoms with Gasteiger partial charge in [0.05, 0.1) is 0 Å². The zero-order valence-electron chi connectivity index (χ0n) is 13.3. The second kappa shape index (κ2) is 7.54. The first-order chi connectivity index (χ1) is 10.5. The van der Waals surface area contributed by atoms with Crippen molar-refractivity contribution in [3.8, 4) is 0 Å². The maximum absolute atomic E-state index is 12.0. The van der Waals surface area contributed by atoms with E-state index in [1.54, 1.807) is 12.3 Å². The van der Waals surface area contributed by atoms with Gasteiger partial charge in [-0.25, -0.2) is 9.97 Å². The Morgan fingerprint density at radius 3 is 2.59 bits per heavy atom. The summed E-state index contributed by atoms with van der Waals surface area (Å²) in [6.45, 7) is 6.94. The average Bonchev–Trinajstić information content (AvgIpc) is 2.49. The minimum Gasteiger partial charge on any atom is -0.351 e. The van der Waals surface area contributed by atoms with E-state index in [1.165, 1.54) is 5.56 Å². The molecule has 0 atom stereocenters. The fourth-order valence-electron chi connectivity index (χ4n) is 1.88. The Bertz CT molecular complexity index is 623. The van der Waals surface area contributed by atoms with Crippen LogP contribution in [0, 0.1) is 12.8 Å². The van der Waals surface area contributed by atoms with Gasteiger partial charge in [0.2, 0.25) is 5.95 Å². The molecule has 2 rings (SSSR count). The molecular formula is C17H22N4O. The number of aryl methyl sites for hydroxylation is 1. The molecule has 22 heavy (non-hydrogen) atoms. The molecule has 0 aliphatic carbocycles. The van der Waals surface area contributed by atoms with Crippen LogP contribution in [-0.4, -0.2) is 22.4 Å². The molecule has 0 saturated carbocycles. The fourth-order valence-corrected chi connectivity index (χ4v) is 1.88. The molecule has 116 valence electrons. The number of aromatic nitrogens is 2. The first-order valence-corrected chi connectivity index (χ1v) is 7.49. The van der Waals surface area contributed by atoms with Gasteiger partial charge in [-0.1, -0.05) is 31.5 Å². The van der Waals surface area contributed by atoms with E-state index >= 15 is 0 Å². The normalized spacial score (nSPS) is 10.5. The van der Waals surface area contributed by atoms with E-state index in [4.69, 9.17) is 0 Å². The quantitative estimate of drug-likeness (QED) is 0.858. The second-order valence-electron chi connectivity index (χ2n) is 5.69. The van der Waals surface area contributed by atoms with Gasteiger partial charge in [0.25, 0.3) is 5.91 Å². The van der Waals surface area contributed by atoms with Crippen molar-refractivity contribution < 1.29 is 4.79 Å². The zero-order chi connectivity index (χ0) is 15.9. The van der Waals surface area contributed by atoms with E-state index in [0.717, 1.165) is 12.1 Å². The molecule has 5 heteroatoms. The van der Waals surface area contributed by atoms with E-state index in [2.05, 4.69) is 34.4 Å². The van der Waals surface area contributed by atoms with Gasteiger partial charge in [-0.3, -0.25) is 4.79 Å². The SMILES string of the molecule is Cc1ccc(Nc2nccc(C(=O)NCCC(C)C)n2)cc1. The van der Waals surface area contributed by atoms with Crippen LogP contribution in [0.3, 0.4) is 0 Å². The van der Waals surface area contributed by atoms with Crippen LogP contribution < -0.4 is 10.6 Å². The molecule has 0 aliphatic rings. The third-order valence-corrected chi connectivity index (χ3v) is 3.20. The minimum absolute atomic E-state index is 0.171. The van der Waals surface area contributed by atoms with Gasteiger partial charge < -0.3 is 10.6 Å². The molecule has 0 fully saturated rings. The molecule has 0 saturated heterocycles. The van der Waals surface area contributed by atoms with Gasteiger partial charge in [0.15, 0.2) is 0 Å². The highest BCUT2D eigenvalue weighted by molar-refractivity contribution is 5.92. The minimum atomic E-state index is -0.171. The van der Waals surface area contributed by atoms with E-state index in [-0.39, 0.29) is 5.91 Å². The Labute approximate surface area is 131 Å². The van der Waals surface area contributed by atoms with Crippen molar-refractivity contribution in [1.82, 2.24) is 15.3 Å². The summed E-state index contributed by atoms with van der Waals surface area (Å²) < 4.78 is 0. The third kappa shape index (κ3) is 4.84. The summed E-state index contributed by atoms with van der Waals surface area (Å²) in [5.74, 6) is 0.805. The zero-order valence-corrected chi connectivity index (χ0v) is 13.3. The van der Waals surface area contributed by atoms with Gasteiger partial charge in [0, 0.05) is 18.4 Å². The number of benzene rings is 1. The highest BCUT2D eigenvalue weighted by atomic mass is 16.1. The molecule has 2 N–H and O–H groups in total. The first-order valence-electron chi connectivity index (χ1n) is 7.49. The summed E-state index contributed by atoms with van der Waals surface area (Å²) in [5.41, 5.74) is 2.45. The van der Waals surface area contributed by atoms with E-state index in [0.29, 0.717) is 24.1 Å². The molecule has 0 radical (unpaired) electrons. The summed E-state index contributed by atoms with van der Waals surface area (Å²) in [6, 6.07) is 9.53. The molecule has 1 aromatic heterocycles. The lowest BCUT2D eigenvalue weighted by molar-refractivity contribution is 0.0947. The van der Waals surface area contributed by atoms with Crippen LogP contribution in [0.2, 0.25) is 0 Å². The predicted octanol–water partition coefficient (Wildman–Crippen LogP) is 3.30. The van der Waals surface area contributed by atoms with Crippen LogP contribution in [0.15, 0.2) is 36.5 Å². The Balaban J connectivity index is 2.00. The monoisotopic (exact) mass is 298 g/mol. The third-order valence-electron chi connectivity index (χ3n) is 3.20. The smallest absolute Gasteiger partial charge is 0.270 e. The topological polar surface area (TPSA) is 66.9 Å². The second-order valence-corrected chi connectivity index (χ2v) is 5.69. The van der Waals surface area contributed by atoms with Crippen LogP contribution in [0.4, 0.5) is 11.6 Å². The standard InChI is InChI=1S/C17H22N4O/c1-12(2)8-10-18-16(22)15-9-11-19-17(21-15)20-14-6-4-13(3)5-7-14/h4-7,9,11-12H,8,10H2,1-3H3,(H,18,22)(H,19,20,21). The van der Waals surface area contributed by atoms with Crippen molar-refractivity contribution in [3.05, 3.63) is 47.8 Å². The van der Waals surface area contributed by atoms with Crippen molar-refractivity contribution in [3.63, 3.8) is 0 Å². The van der Waals surface area contributed by atoms with E-state index in [1.807, 2.05) is 31.2 Å². The Morgan fingerprint density at radius 1 is 1.18 bits per heavy atom. The lowest BCUT2D eigenvalue weighted by Gasteiger charge is -2.08. The average molecular weight is 298 g/mol. The number of hydrogen-bond donors (Lipinski definition) is 2. The Morgan fingerprint density at radius 2 is 1.91 bits per heavy atom. The van der Waals surface area contributed by atoms with Crippen molar-refractivity contribution in [2.24, 2.45) is 5.92 Å². The molecule has 0 unspecified atom stereocenters. The van der Waals surface area contributed by atoms with Crippen LogP contribution in [0.5, 0.6) is 0 Å². The fraction of sp³-hybridized carbons (Fsp3) is 0.353. The number of hydrogen-bond acceptors (Lipinski definition) is 4. The van der Waals surface area contributed by atoms with Crippen LogP contribution in [0.1, 0.15) is 36.3 Å². The molecule has 5 nitrogen and oxygen atoms in total. The molecule has 0 spiro atoms. The number of nitrogens with zero attached hydrogens (tertiary/aromatic N) is 2. The van der Waals surface area contributed by atoms with Crippen LogP contribution in [-0.2, 0) is 0 Å². The number of carbonyl (C=O) groups is 1. The van der Waals surface area contributed by atoms with Crippen LogP contribution >= 0.6 is 0 Å². The number of carbonyl (C=O) groups excluding carboxylic acids is 1. The van der Waals surface area contributed by atoms with Gasteiger partial charge in [-0.2, -0.15) is 0 Å². The Kier molecular flexibility index (Phi) is 5.47.